The first-order valence-corrected chi connectivity index (χ1v) is 19.0. The Kier molecular flexibility index (Phi) is 11.2. The van der Waals surface area contributed by atoms with E-state index in [1.165, 1.54) is 6.20 Å². The summed E-state index contributed by atoms with van der Waals surface area (Å²) in [6.07, 6.45) is 1.45. The van der Waals surface area contributed by atoms with E-state index >= 15 is 0 Å². The van der Waals surface area contributed by atoms with E-state index in [-0.39, 0.29) is 23.4 Å². The third-order valence-corrected chi connectivity index (χ3v) is 9.16. The number of nitrogens with one attached hydrogen (secondary N) is 2. The van der Waals surface area contributed by atoms with Gasteiger partial charge in [0.05, 0.1) is 5.69 Å². The number of carbonyl (C=O) groups is 2. The summed E-state index contributed by atoms with van der Waals surface area (Å²) >= 11 is 19.3. The molecule has 43 heavy (non-hydrogen) atoms. The highest BCUT2D eigenvalue weighted by molar-refractivity contribution is 6.76. The van der Waals surface area contributed by atoms with Crippen LogP contribution >= 0.6 is 34.8 Å². The van der Waals surface area contributed by atoms with Crippen LogP contribution in [0.25, 0.3) is 11.1 Å². The second kappa shape index (κ2) is 13.7. The lowest BCUT2D eigenvalue weighted by Gasteiger charge is -2.33. The fraction of sp³-hybridized carbons (Fsp3) is 0.552. The van der Waals surface area contributed by atoms with Gasteiger partial charge in [0.2, 0.25) is 0 Å². The van der Waals surface area contributed by atoms with Gasteiger partial charge in [-0.15, -0.1) is 23.2 Å². The Morgan fingerprint density at radius 3 is 2.37 bits per heavy atom. The molecule has 0 saturated heterocycles. The molecule has 3 heterocycles. The van der Waals surface area contributed by atoms with Gasteiger partial charge in [-0.05, 0) is 65.8 Å². The molecule has 0 fully saturated rings. The quantitative estimate of drug-likeness (QED) is 0.0875. The highest BCUT2D eigenvalue weighted by atomic mass is 35.5. The van der Waals surface area contributed by atoms with Gasteiger partial charge in [-0.25, -0.2) is 9.67 Å². The molecule has 3 aromatic heterocycles. The highest BCUT2D eigenvalue weighted by Crippen LogP contribution is 2.34. The molecule has 0 aromatic carbocycles. The number of amides is 2. The van der Waals surface area contributed by atoms with Crippen molar-refractivity contribution in [1.29, 1.82) is 0 Å². The maximum atomic E-state index is 13.6. The van der Waals surface area contributed by atoms with Crippen molar-refractivity contribution in [2.24, 2.45) is 0 Å². The van der Waals surface area contributed by atoms with Crippen molar-refractivity contribution >= 4 is 60.5 Å². The van der Waals surface area contributed by atoms with Gasteiger partial charge in [-0.3, -0.25) is 14.3 Å². The molecule has 10 nitrogen and oxygen atoms in total. The minimum absolute atomic E-state index is 0.0612. The van der Waals surface area contributed by atoms with Crippen LogP contribution in [0, 0.1) is 13.8 Å². The van der Waals surface area contributed by atoms with Crippen LogP contribution in [0.4, 0.5) is 5.82 Å². The molecule has 0 aliphatic carbocycles. The molecule has 236 valence electrons. The van der Waals surface area contributed by atoms with Crippen LogP contribution in [0.15, 0.2) is 24.4 Å². The number of carbonyl (C=O) groups excluding carboxylic acids is 2. The van der Waals surface area contributed by atoms with Crippen LogP contribution < -0.4 is 10.6 Å². The van der Waals surface area contributed by atoms with Crippen LogP contribution in [0.2, 0.25) is 30.8 Å². The van der Waals surface area contributed by atoms with Gasteiger partial charge in [-0.2, -0.15) is 10.2 Å². The Hall–Kier alpha value is -2.44. The standard InChI is InChI=1S/C29H42Cl3N7O3Si/c1-18(2)39-22(12-13-33-39)26(40)36-28(5,16-29(6,31)32)27(41)35-23-11-10-21(25(30)34-23)24-19(3)37-38(20(24)4)17-42-14-15-43(7,8)9/h10-13,18H,14-17H2,1-9H3,(H,36,40)(H,34,35,41)/t28-/m0/s1. The molecule has 0 aliphatic heterocycles. The smallest absolute Gasteiger partial charge is 0.270 e. The van der Waals surface area contributed by atoms with Gasteiger partial charge < -0.3 is 15.4 Å². The number of hydrogen-bond donors (Lipinski definition) is 2. The number of pyridine rings is 1. The summed E-state index contributed by atoms with van der Waals surface area (Å²) in [6.45, 7) is 18.7. The summed E-state index contributed by atoms with van der Waals surface area (Å²) in [6, 6.07) is 6.02. The Balaban J connectivity index is 1.81. The van der Waals surface area contributed by atoms with Gasteiger partial charge in [0.25, 0.3) is 11.8 Å². The van der Waals surface area contributed by atoms with Crippen LogP contribution in [-0.2, 0) is 16.3 Å². The van der Waals surface area contributed by atoms with Crippen LogP contribution in [0.1, 0.15) is 62.0 Å². The second-order valence-corrected chi connectivity index (χ2v) is 20.5. The van der Waals surface area contributed by atoms with E-state index in [9.17, 15) is 9.59 Å². The Bertz CT molecular complexity index is 1460. The third-order valence-electron chi connectivity index (χ3n) is 6.90. The number of rotatable bonds is 13. The lowest BCUT2D eigenvalue weighted by Crippen LogP contribution is -2.57. The number of aromatic nitrogens is 5. The number of halogens is 3. The van der Waals surface area contributed by atoms with Crippen molar-refractivity contribution in [2.75, 3.05) is 11.9 Å². The van der Waals surface area contributed by atoms with Crippen molar-refractivity contribution in [3.8, 4) is 11.1 Å². The van der Waals surface area contributed by atoms with Crippen LogP contribution in [-0.4, -0.2) is 60.9 Å². The van der Waals surface area contributed by atoms with Gasteiger partial charge in [0.1, 0.15) is 33.3 Å². The topological polar surface area (TPSA) is 116 Å². The number of nitrogens with zero attached hydrogens (tertiary/aromatic N) is 5. The van der Waals surface area contributed by atoms with Gasteiger partial charge in [0, 0.05) is 50.2 Å². The maximum Gasteiger partial charge on any atom is 0.270 e. The molecule has 3 rings (SSSR count). The van der Waals surface area contributed by atoms with E-state index in [4.69, 9.17) is 39.5 Å². The molecule has 14 heteroatoms. The molecule has 0 bridgehead atoms. The Morgan fingerprint density at radius 1 is 1.12 bits per heavy atom. The summed E-state index contributed by atoms with van der Waals surface area (Å²) in [5, 5.41) is 14.6. The average Bonchev–Trinajstić information content (AvgIpc) is 3.45. The Morgan fingerprint density at radius 2 is 1.79 bits per heavy atom. The molecule has 0 saturated carbocycles. The van der Waals surface area contributed by atoms with E-state index < -0.39 is 29.8 Å². The van der Waals surface area contributed by atoms with E-state index in [2.05, 4.69) is 45.5 Å². The summed E-state index contributed by atoms with van der Waals surface area (Å²) in [7, 11) is -1.19. The lowest BCUT2D eigenvalue weighted by atomic mass is 9.94. The fourth-order valence-corrected chi connectivity index (χ4v) is 6.25. The first kappa shape index (κ1) is 35.0. The number of aryl methyl sites for hydroxylation is 1. The minimum atomic E-state index is -1.50. The lowest BCUT2D eigenvalue weighted by molar-refractivity contribution is -0.121. The zero-order valence-corrected chi connectivity index (χ0v) is 29.6. The summed E-state index contributed by atoms with van der Waals surface area (Å²) in [4.78, 5) is 31.3. The first-order valence-electron chi connectivity index (χ1n) is 14.2. The monoisotopic (exact) mass is 669 g/mol. The average molecular weight is 671 g/mol. The Labute approximate surface area is 269 Å². The molecule has 2 amide bonds. The SMILES string of the molecule is Cc1nn(COCC[Si](C)(C)C)c(C)c1-c1ccc(NC(=O)[C@](C)(CC(C)(Cl)Cl)NC(=O)c2ccnn2C(C)C)nc1Cl. The van der Waals surface area contributed by atoms with Gasteiger partial charge in [0.15, 0.2) is 0 Å². The summed E-state index contributed by atoms with van der Waals surface area (Å²) in [5.41, 5.74) is 2.01. The summed E-state index contributed by atoms with van der Waals surface area (Å²) in [5.74, 6) is -0.846. The van der Waals surface area contributed by atoms with Crippen LogP contribution in [0.5, 0.6) is 0 Å². The normalized spacial score (nSPS) is 13.7. The third kappa shape index (κ3) is 9.28. The van der Waals surface area contributed by atoms with E-state index in [1.54, 1.807) is 36.7 Å². The van der Waals surface area contributed by atoms with E-state index in [0.29, 0.717) is 24.6 Å². The van der Waals surface area contributed by atoms with Gasteiger partial charge in [-0.1, -0.05) is 31.2 Å². The second-order valence-electron chi connectivity index (χ2n) is 12.7. The molecular weight excluding hydrogens is 629 g/mol. The largest absolute Gasteiger partial charge is 0.360 e. The number of hydrogen-bond acceptors (Lipinski definition) is 6. The van der Waals surface area contributed by atoms with Crippen molar-refractivity contribution in [3.63, 3.8) is 0 Å². The maximum absolute atomic E-state index is 13.6. The molecule has 3 aromatic rings. The van der Waals surface area contributed by atoms with Crippen molar-refractivity contribution in [2.45, 2.75) is 96.3 Å². The minimum Gasteiger partial charge on any atom is -0.360 e. The fourth-order valence-electron chi connectivity index (χ4n) is 4.71. The van der Waals surface area contributed by atoms with Crippen LogP contribution in [0.3, 0.4) is 0 Å². The molecule has 0 aliphatic rings. The predicted octanol–water partition coefficient (Wildman–Crippen LogP) is 7.02. The number of anilines is 1. The molecule has 0 radical (unpaired) electrons. The predicted molar refractivity (Wildman–Crippen MR) is 176 cm³/mol. The molecule has 1 atom stereocenters. The van der Waals surface area contributed by atoms with Crippen molar-refractivity contribution in [1.82, 2.24) is 29.9 Å². The molecule has 0 unspecified atom stereocenters. The van der Waals surface area contributed by atoms with Gasteiger partial charge >= 0.3 is 0 Å². The zero-order chi connectivity index (χ0) is 32.3. The van der Waals surface area contributed by atoms with E-state index in [0.717, 1.165) is 23.0 Å². The molecule has 2 N–H and O–H groups in total. The molecule has 0 spiro atoms. The highest BCUT2D eigenvalue weighted by Gasteiger charge is 2.41. The number of alkyl halides is 2. The first-order chi connectivity index (χ1) is 19.8. The number of ether oxygens (including phenoxy) is 1. The zero-order valence-electron chi connectivity index (χ0n) is 26.3. The molecular formula is C29H42Cl3N7O3Si. The summed E-state index contributed by atoms with van der Waals surface area (Å²) < 4.78 is 7.96. The van der Waals surface area contributed by atoms with Crippen molar-refractivity contribution in [3.05, 3.63) is 46.6 Å². The van der Waals surface area contributed by atoms with Crippen molar-refractivity contribution < 1.29 is 14.3 Å². The van der Waals surface area contributed by atoms with E-state index in [1.807, 2.05) is 32.4 Å².